The maximum absolute atomic E-state index is 14.0. The van der Waals surface area contributed by atoms with Crippen LogP contribution in [0.5, 0.6) is 17.2 Å². The molecule has 5 rings (SSSR count). The smallest absolute Gasteiger partial charge is 0.254 e. The Bertz CT molecular complexity index is 1650. The fraction of sp³-hybridized carbons (Fsp3) is 0.457. The molecule has 2 N–H and O–H groups in total. The molecule has 2 aromatic carbocycles. The summed E-state index contributed by atoms with van der Waals surface area (Å²) in [7, 11) is 1.66. The highest BCUT2D eigenvalue weighted by Gasteiger charge is 2.45. The predicted octanol–water partition coefficient (Wildman–Crippen LogP) is 6.33. The second-order valence-corrected chi connectivity index (χ2v) is 12.9. The summed E-state index contributed by atoms with van der Waals surface area (Å²) < 4.78 is 28.4. The lowest BCUT2D eigenvalue weighted by molar-refractivity contribution is -0.132. The highest BCUT2D eigenvalue weighted by Crippen LogP contribution is 2.43. The van der Waals surface area contributed by atoms with Crippen LogP contribution in [0.3, 0.4) is 0 Å². The molecule has 0 spiro atoms. The molecule has 44 heavy (non-hydrogen) atoms. The Labute approximate surface area is 257 Å². The molecule has 2 fully saturated rings. The van der Waals surface area contributed by atoms with Gasteiger partial charge >= 0.3 is 0 Å². The summed E-state index contributed by atoms with van der Waals surface area (Å²) in [6.45, 7) is 6.95. The van der Waals surface area contributed by atoms with E-state index in [0.717, 1.165) is 6.42 Å². The average molecular weight is 602 g/mol. The number of carbonyl (C=O) groups is 1. The zero-order valence-corrected chi connectivity index (χ0v) is 26.0. The number of pyridine rings is 1. The lowest BCUT2D eigenvalue weighted by atomic mass is 9.69. The summed E-state index contributed by atoms with van der Waals surface area (Å²) in [4.78, 5) is 25.6. The molecular weight excluding hydrogens is 561 g/mol. The van der Waals surface area contributed by atoms with E-state index in [4.69, 9.17) is 9.47 Å². The number of benzene rings is 2. The van der Waals surface area contributed by atoms with E-state index in [1.54, 1.807) is 53.1 Å². The van der Waals surface area contributed by atoms with Gasteiger partial charge in [0.25, 0.3) is 5.56 Å². The number of carbonyl (C=O) groups excluding carboxylic acids is 1. The molecule has 3 aromatic rings. The van der Waals surface area contributed by atoms with Crippen LogP contribution in [0.15, 0.2) is 47.4 Å². The number of hydrogen-bond donors (Lipinski definition) is 2. The van der Waals surface area contributed by atoms with Crippen LogP contribution in [0.2, 0.25) is 0 Å². The van der Waals surface area contributed by atoms with E-state index in [2.05, 4.69) is 11.4 Å². The molecule has 8 nitrogen and oxygen atoms in total. The lowest BCUT2D eigenvalue weighted by Gasteiger charge is -2.36. The van der Waals surface area contributed by atoms with E-state index in [1.165, 1.54) is 22.8 Å². The number of nitrogens with one attached hydrogen (secondary N) is 1. The summed E-state index contributed by atoms with van der Waals surface area (Å²) in [5.41, 5.74) is 0.877. The summed E-state index contributed by atoms with van der Waals surface area (Å²) in [5.74, 6) is 0.865. The van der Waals surface area contributed by atoms with Crippen molar-refractivity contribution in [1.82, 2.24) is 9.88 Å². The highest BCUT2D eigenvalue weighted by atomic mass is 19.1. The first-order valence-electron chi connectivity index (χ1n) is 15.2. The Balaban J connectivity index is 1.44. The van der Waals surface area contributed by atoms with Crippen molar-refractivity contribution in [3.8, 4) is 34.4 Å². The van der Waals surface area contributed by atoms with Gasteiger partial charge in [0.1, 0.15) is 28.5 Å². The first-order valence-corrected chi connectivity index (χ1v) is 15.2. The Kier molecular flexibility index (Phi) is 8.59. The first-order chi connectivity index (χ1) is 20.8. The van der Waals surface area contributed by atoms with Crippen LogP contribution in [0.4, 0.5) is 4.39 Å². The van der Waals surface area contributed by atoms with Gasteiger partial charge in [0.15, 0.2) is 0 Å². The predicted molar refractivity (Wildman–Crippen MR) is 165 cm³/mol. The van der Waals surface area contributed by atoms with Gasteiger partial charge in [0.2, 0.25) is 5.91 Å². The number of amides is 1. The van der Waals surface area contributed by atoms with Crippen LogP contribution in [0, 0.1) is 36.4 Å². The van der Waals surface area contributed by atoms with Crippen molar-refractivity contribution < 1.29 is 23.8 Å². The van der Waals surface area contributed by atoms with Gasteiger partial charge in [-0.1, -0.05) is 6.07 Å². The molecule has 0 unspecified atom stereocenters. The monoisotopic (exact) mass is 601 g/mol. The van der Waals surface area contributed by atoms with Gasteiger partial charge in [-0.25, -0.2) is 4.39 Å². The van der Waals surface area contributed by atoms with Crippen molar-refractivity contribution in [2.45, 2.75) is 90.4 Å². The van der Waals surface area contributed by atoms with Crippen molar-refractivity contribution >= 4 is 5.91 Å². The third-order valence-electron chi connectivity index (χ3n) is 8.96. The van der Waals surface area contributed by atoms with E-state index in [-0.39, 0.29) is 29.4 Å². The Morgan fingerprint density at radius 1 is 1.07 bits per heavy atom. The molecule has 1 aromatic heterocycles. The van der Waals surface area contributed by atoms with Crippen molar-refractivity contribution in [3.63, 3.8) is 0 Å². The van der Waals surface area contributed by atoms with Crippen LogP contribution < -0.4 is 20.3 Å². The molecule has 232 valence electrons. The Hall–Kier alpha value is -4.16. The van der Waals surface area contributed by atoms with E-state index in [1.807, 2.05) is 6.07 Å². The van der Waals surface area contributed by atoms with Gasteiger partial charge < -0.3 is 24.5 Å². The van der Waals surface area contributed by atoms with Crippen molar-refractivity contribution in [1.29, 1.82) is 5.26 Å². The first kappa shape index (κ1) is 31.3. The van der Waals surface area contributed by atoms with Crippen molar-refractivity contribution in [2.75, 3.05) is 0 Å². The van der Waals surface area contributed by atoms with Gasteiger partial charge in [-0.05, 0) is 114 Å². The lowest BCUT2D eigenvalue weighted by Crippen LogP contribution is -2.49. The molecule has 0 radical (unpaired) electrons. The molecule has 2 aliphatic carbocycles. The quantitative estimate of drug-likeness (QED) is 0.312. The number of aliphatic hydroxyl groups is 1. The molecule has 2 saturated carbocycles. The second kappa shape index (κ2) is 12.1. The summed E-state index contributed by atoms with van der Waals surface area (Å²) >= 11 is 0. The van der Waals surface area contributed by atoms with Gasteiger partial charge in [0, 0.05) is 36.5 Å². The van der Waals surface area contributed by atoms with E-state index >= 15 is 0 Å². The highest BCUT2D eigenvalue weighted by molar-refractivity contribution is 5.86. The van der Waals surface area contributed by atoms with E-state index in [0.29, 0.717) is 83.6 Å². The zero-order valence-electron chi connectivity index (χ0n) is 26.0. The third-order valence-corrected chi connectivity index (χ3v) is 8.96. The topological polar surface area (TPSA) is 114 Å². The molecule has 9 heteroatoms. The van der Waals surface area contributed by atoms with Gasteiger partial charge in [-0.15, -0.1) is 0 Å². The maximum atomic E-state index is 14.0. The van der Waals surface area contributed by atoms with Gasteiger partial charge in [-0.3, -0.25) is 9.59 Å². The number of rotatable bonds is 8. The summed E-state index contributed by atoms with van der Waals surface area (Å²) in [6, 6.07) is 11.9. The molecule has 0 bridgehead atoms. The molecular formula is C35H40FN3O5. The van der Waals surface area contributed by atoms with Crippen LogP contribution in [0.25, 0.3) is 11.1 Å². The third kappa shape index (κ3) is 6.36. The molecule has 2 aliphatic rings. The number of ether oxygens (including phenoxy) is 2. The fourth-order valence-corrected chi connectivity index (χ4v) is 6.04. The van der Waals surface area contributed by atoms with Gasteiger partial charge in [0.05, 0.1) is 17.8 Å². The molecule has 1 amide bonds. The molecule has 0 atom stereocenters. The Morgan fingerprint density at radius 2 is 1.73 bits per heavy atom. The number of aromatic nitrogens is 1. The van der Waals surface area contributed by atoms with Crippen LogP contribution >= 0.6 is 0 Å². The minimum absolute atomic E-state index is 0.0260. The van der Waals surface area contributed by atoms with Crippen LogP contribution in [-0.2, 0) is 17.4 Å². The van der Waals surface area contributed by atoms with E-state index in [9.17, 15) is 24.3 Å². The number of hydrogen-bond acceptors (Lipinski definition) is 6. The minimum atomic E-state index is -1.15. The second-order valence-electron chi connectivity index (χ2n) is 12.9. The standard InChI is InChI=1S/C35H40FN3O5/c1-21-15-24(36)16-22(2)32(21)44-29-12-7-23(34(3,4)42)17-27(29)28-19-39(5)31(40)18-30(28)43-26-10-8-25(9-11-26)38-33(41)35(20-37)13-6-14-35/h7,12,15-19,25-26,42H,6,8-11,13-14H2,1-5H3,(H,38,41)/t25-,26-. The van der Waals surface area contributed by atoms with E-state index < -0.39 is 11.0 Å². The number of nitriles is 1. The number of halogens is 1. The zero-order chi connectivity index (χ0) is 31.8. The summed E-state index contributed by atoms with van der Waals surface area (Å²) in [6.07, 6.45) is 6.36. The van der Waals surface area contributed by atoms with Gasteiger partial charge in [-0.2, -0.15) is 5.26 Å². The average Bonchev–Trinajstić information content (AvgIpc) is 2.93. The number of nitrogens with zero attached hydrogens (tertiary/aromatic N) is 2. The fourth-order valence-electron chi connectivity index (χ4n) is 6.04. The molecule has 1 heterocycles. The Morgan fingerprint density at radius 3 is 2.30 bits per heavy atom. The maximum Gasteiger partial charge on any atom is 0.254 e. The SMILES string of the molecule is Cc1cc(F)cc(C)c1Oc1ccc(C(C)(C)O)cc1-c1cn(C)c(=O)cc1O[C@H]1CC[C@H](NC(=O)C2(C#N)CCC2)CC1. The summed E-state index contributed by atoms with van der Waals surface area (Å²) in [5, 5.41) is 23.4. The van der Waals surface area contributed by atoms with Crippen LogP contribution in [0.1, 0.15) is 75.5 Å². The number of aryl methyl sites for hydroxylation is 3. The normalized spacial score (nSPS) is 19.4. The minimum Gasteiger partial charge on any atom is -0.490 e. The van der Waals surface area contributed by atoms with Crippen molar-refractivity contribution in [2.24, 2.45) is 12.5 Å². The van der Waals surface area contributed by atoms with Crippen molar-refractivity contribution in [3.05, 3.63) is 75.5 Å². The largest absolute Gasteiger partial charge is 0.490 e. The van der Waals surface area contributed by atoms with Crippen LogP contribution in [-0.4, -0.2) is 27.7 Å². The molecule has 0 saturated heterocycles. The molecule has 0 aliphatic heterocycles.